The van der Waals surface area contributed by atoms with Gasteiger partial charge in [0.1, 0.15) is 0 Å². The van der Waals surface area contributed by atoms with Gasteiger partial charge >= 0.3 is 0 Å². The van der Waals surface area contributed by atoms with Gasteiger partial charge in [0, 0.05) is 39.8 Å². The fourth-order valence-electron chi connectivity index (χ4n) is 2.34. The molecule has 0 bridgehead atoms. The lowest BCUT2D eigenvalue weighted by atomic mass is 10.1. The van der Waals surface area contributed by atoms with Crippen LogP contribution in [0.1, 0.15) is 20.3 Å². The van der Waals surface area contributed by atoms with Gasteiger partial charge in [-0.2, -0.15) is 0 Å². The third-order valence-corrected chi connectivity index (χ3v) is 3.75. The normalized spacial score (nSPS) is 22.3. The molecule has 0 aromatic carbocycles. The molecule has 4 nitrogen and oxygen atoms in total. The molecule has 5 heteroatoms. The number of thiocarbonyl (C=S) groups is 1. The molecule has 2 atom stereocenters. The Kier molecular flexibility index (Phi) is 6.33. The zero-order chi connectivity index (χ0) is 12.8. The monoisotopic (exact) mass is 259 g/mol. The first-order valence-electron chi connectivity index (χ1n) is 6.37. The maximum Gasteiger partial charge on any atom is 0.0901 e. The molecular weight excluding hydrogens is 234 g/mol. The summed E-state index contributed by atoms with van der Waals surface area (Å²) in [4.78, 5) is 5.47. The van der Waals surface area contributed by atoms with Gasteiger partial charge in [0.25, 0.3) is 0 Å². The number of nitrogens with two attached hydrogens (primary N) is 1. The molecule has 2 unspecified atom stereocenters. The van der Waals surface area contributed by atoms with Crippen LogP contribution in [0, 0.1) is 0 Å². The van der Waals surface area contributed by atoms with Crippen molar-refractivity contribution in [2.75, 3.05) is 39.8 Å². The molecule has 0 spiro atoms. The summed E-state index contributed by atoms with van der Waals surface area (Å²) in [6, 6.07) is 0.270. The van der Waals surface area contributed by atoms with Crippen molar-refractivity contribution in [3.05, 3.63) is 0 Å². The first kappa shape index (κ1) is 14.8. The minimum atomic E-state index is 0.270. The first-order valence-corrected chi connectivity index (χ1v) is 6.77. The van der Waals surface area contributed by atoms with Gasteiger partial charge in [-0.3, -0.25) is 9.80 Å². The minimum absolute atomic E-state index is 0.270. The van der Waals surface area contributed by atoms with Crippen LogP contribution in [0.2, 0.25) is 0 Å². The lowest BCUT2D eigenvalue weighted by molar-refractivity contribution is 0.0482. The van der Waals surface area contributed by atoms with Crippen molar-refractivity contribution in [3.8, 4) is 0 Å². The maximum absolute atomic E-state index is 5.77. The molecule has 0 amide bonds. The highest BCUT2D eigenvalue weighted by Crippen LogP contribution is 2.10. The highest BCUT2D eigenvalue weighted by Gasteiger charge is 2.24. The third-order valence-electron chi connectivity index (χ3n) is 3.48. The summed E-state index contributed by atoms with van der Waals surface area (Å²) in [6.07, 6.45) is 1.31. The summed E-state index contributed by atoms with van der Waals surface area (Å²) in [6.45, 7) is 9.51. The van der Waals surface area contributed by atoms with E-state index in [1.165, 1.54) is 0 Å². The molecular formula is C12H25N3OS. The van der Waals surface area contributed by atoms with Crippen LogP contribution in [-0.2, 0) is 4.74 Å². The van der Waals surface area contributed by atoms with Gasteiger partial charge in [-0.25, -0.2) is 0 Å². The van der Waals surface area contributed by atoms with Crippen molar-refractivity contribution in [2.45, 2.75) is 32.4 Å². The van der Waals surface area contributed by atoms with E-state index in [2.05, 4.69) is 23.6 Å². The van der Waals surface area contributed by atoms with Crippen LogP contribution in [0.5, 0.6) is 0 Å². The summed E-state index contributed by atoms with van der Waals surface area (Å²) in [5.74, 6) is 0. The summed E-state index contributed by atoms with van der Waals surface area (Å²) in [7, 11) is 1.76. The Bertz CT molecular complexity index is 242. The van der Waals surface area contributed by atoms with Crippen LogP contribution < -0.4 is 5.73 Å². The molecule has 1 saturated heterocycles. The first-order chi connectivity index (χ1) is 8.08. The number of hydrogen-bond donors (Lipinski definition) is 1. The van der Waals surface area contributed by atoms with Crippen LogP contribution in [0.3, 0.4) is 0 Å². The van der Waals surface area contributed by atoms with E-state index in [9.17, 15) is 0 Å². The van der Waals surface area contributed by atoms with E-state index in [0.717, 1.165) is 39.1 Å². The van der Waals surface area contributed by atoms with Gasteiger partial charge in [0.2, 0.25) is 0 Å². The molecule has 0 radical (unpaired) electrons. The van der Waals surface area contributed by atoms with Crippen molar-refractivity contribution in [1.82, 2.24) is 9.80 Å². The van der Waals surface area contributed by atoms with E-state index in [0.29, 0.717) is 11.1 Å². The molecule has 17 heavy (non-hydrogen) atoms. The Balaban J connectivity index is 2.37. The standard InChI is InChI=1S/C12H25N3OS/c1-4-11(12(13)17)15-7-5-14(6-8-15)9-10(2)16-3/h10-11H,4-9H2,1-3H3,(H2,13,17). The Hall–Kier alpha value is -0.230. The Morgan fingerprint density at radius 1 is 1.35 bits per heavy atom. The number of rotatable bonds is 6. The summed E-state index contributed by atoms with van der Waals surface area (Å²) >= 11 is 5.12. The van der Waals surface area contributed by atoms with Crippen LogP contribution in [-0.4, -0.2) is 66.8 Å². The highest BCUT2D eigenvalue weighted by molar-refractivity contribution is 7.80. The smallest absolute Gasteiger partial charge is 0.0901 e. The number of ether oxygens (including phenoxy) is 1. The predicted molar refractivity (Wildman–Crippen MR) is 75.3 cm³/mol. The van der Waals surface area contributed by atoms with Crippen molar-refractivity contribution >= 4 is 17.2 Å². The molecule has 1 heterocycles. The van der Waals surface area contributed by atoms with Crippen LogP contribution in [0.4, 0.5) is 0 Å². The topological polar surface area (TPSA) is 41.7 Å². The second-order valence-corrected chi connectivity index (χ2v) is 5.18. The van der Waals surface area contributed by atoms with Crippen LogP contribution >= 0.6 is 12.2 Å². The largest absolute Gasteiger partial charge is 0.392 e. The SMILES string of the molecule is CCC(C(N)=S)N1CCN(CC(C)OC)CC1. The Labute approximate surface area is 110 Å². The quantitative estimate of drug-likeness (QED) is 0.711. The van der Waals surface area contributed by atoms with Gasteiger partial charge < -0.3 is 10.5 Å². The molecule has 0 aromatic rings. The molecule has 0 saturated carbocycles. The van der Waals surface area contributed by atoms with Crippen LogP contribution in [0.15, 0.2) is 0 Å². The number of nitrogens with zero attached hydrogens (tertiary/aromatic N) is 2. The van der Waals surface area contributed by atoms with E-state index in [1.54, 1.807) is 7.11 Å². The summed E-state index contributed by atoms with van der Waals surface area (Å²) in [5.41, 5.74) is 5.77. The number of hydrogen-bond acceptors (Lipinski definition) is 4. The highest BCUT2D eigenvalue weighted by atomic mass is 32.1. The molecule has 0 aliphatic carbocycles. The minimum Gasteiger partial charge on any atom is -0.392 e. The fraction of sp³-hybridized carbons (Fsp3) is 0.917. The molecule has 100 valence electrons. The van der Waals surface area contributed by atoms with Gasteiger partial charge in [-0.15, -0.1) is 0 Å². The maximum atomic E-state index is 5.77. The van der Waals surface area contributed by atoms with Crippen molar-refractivity contribution in [2.24, 2.45) is 5.73 Å². The second kappa shape index (κ2) is 7.26. The number of methoxy groups -OCH3 is 1. The van der Waals surface area contributed by atoms with Gasteiger partial charge in [0.05, 0.1) is 17.1 Å². The summed E-state index contributed by atoms with van der Waals surface area (Å²) in [5, 5.41) is 0. The molecule has 2 N–H and O–H groups in total. The second-order valence-electron chi connectivity index (χ2n) is 4.71. The van der Waals surface area contributed by atoms with Crippen molar-refractivity contribution in [1.29, 1.82) is 0 Å². The van der Waals surface area contributed by atoms with E-state index in [1.807, 2.05) is 0 Å². The van der Waals surface area contributed by atoms with Gasteiger partial charge in [-0.1, -0.05) is 19.1 Å². The van der Waals surface area contributed by atoms with E-state index in [4.69, 9.17) is 22.7 Å². The zero-order valence-electron chi connectivity index (χ0n) is 11.2. The average Bonchev–Trinajstić information content (AvgIpc) is 2.31. The molecule has 1 aliphatic heterocycles. The average molecular weight is 259 g/mol. The van der Waals surface area contributed by atoms with Crippen LogP contribution in [0.25, 0.3) is 0 Å². The molecule has 0 aromatic heterocycles. The number of piperazine rings is 1. The fourth-order valence-corrected chi connectivity index (χ4v) is 2.65. The summed E-state index contributed by atoms with van der Waals surface area (Å²) < 4.78 is 5.29. The third kappa shape index (κ3) is 4.50. The zero-order valence-corrected chi connectivity index (χ0v) is 12.0. The Morgan fingerprint density at radius 2 is 1.94 bits per heavy atom. The lowest BCUT2D eigenvalue weighted by Gasteiger charge is -2.39. The Morgan fingerprint density at radius 3 is 2.35 bits per heavy atom. The van der Waals surface area contributed by atoms with E-state index >= 15 is 0 Å². The van der Waals surface area contributed by atoms with Crippen molar-refractivity contribution in [3.63, 3.8) is 0 Å². The van der Waals surface area contributed by atoms with E-state index in [-0.39, 0.29) is 6.04 Å². The van der Waals surface area contributed by atoms with Gasteiger partial charge in [0.15, 0.2) is 0 Å². The van der Waals surface area contributed by atoms with Crippen molar-refractivity contribution < 1.29 is 4.74 Å². The molecule has 1 fully saturated rings. The van der Waals surface area contributed by atoms with Gasteiger partial charge in [-0.05, 0) is 13.3 Å². The predicted octanol–water partition coefficient (Wildman–Crippen LogP) is 0.704. The molecule has 1 rings (SSSR count). The molecule has 1 aliphatic rings. The lowest BCUT2D eigenvalue weighted by Crippen LogP contribution is -2.54. The van der Waals surface area contributed by atoms with E-state index < -0.39 is 0 Å².